The predicted octanol–water partition coefficient (Wildman–Crippen LogP) is 4.24. The van der Waals surface area contributed by atoms with Crippen LogP contribution in [0.3, 0.4) is 0 Å². The summed E-state index contributed by atoms with van der Waals surface area (Å²) in [6, 6.07) is 14.7. The van der Waals surface area contributed by atoms with E-state index in [0.717, 1.165) is 22.2 Å². The maximum atomic E-state index is 11.7. The maximum Gasteiger partial charge on any atom is 0.234 e. The van der Waals surface area contributed by atoms with Gasteiger partial charge < -0.3 is 20.3 Å². The van der Waals surface area contributed by atoms with Crippen molar-refractivity contribution in [2.45, 2.75) is 0 Å². The molecule has 176 valence electrons. The van der Waals surface area contributed by atoms with Crippen LogP contribution < -0.4 is 15.4 Å². The van der Waals surface area contributed by atoms with E-state index in [1.165, 1.54) is 6.33 Å². The van der Waals surface area contributed by atoms with Gasteiger partial charge in [-0.05, 0) is 62.6 Å². The number of hydrogen-bond acceptors (Lipinski definition) is 7. The van der Waals surface area contributed by atoms with E-state index in [0.29, 0.717) is 28.9 Å². The van der Waals surface area contributed by atoms with Crippen LogP contribution in [0, 0.1) is 11.8 Å². The molecular formula is C26H23ClN6O2. The number of carbonyl (C=O) groups excluding carboxylic acids is 1. The van der Waals surface area contributed by atoms with E-state index in [2.05, 4.69) is 37.4 Å². The fourth-order valence-electron chi connectivity index (χ4n) is 3.20. The number of pyridine rings is 1. The lowest BCUT2D eigenvalue weighted by Gasteiger charge is -2.11. The van der Waals surface area contributed by atoms with Gasteiger partial charge >= 0.3 is 0 Å². The highest BCUT2D eigenvalue weighted by atomic mass is 35.5. The number of fused-ring (bicyclic) bond motifs is 1. The standard InChI is InChI=1S/C26H23ClN6O2/c1-33(2)16-25(34)29-12-3-5-18-7-9-23-21(13-18)26(31-17-30-23)32-19-8-10-24(22(27)14-19)35-20-6-4-11-28-15-20/h4,6-11,13-15,17H,12,16H2,1-2H3,(H,29,34)(H,30,31,32). The number of benzene rings is 2. The smallest absolute Gasteiger partial charge is 0.234 e. The third-order valence-corrected chi connectivity index (χ3v) is 5.05. The number of likely N-dealkylation sites (N-methyl/N-ethyl adjacent to an activating group) is 1. The second kappa shape index (κ2) is 11.3. The molecule has 2 N–H and O–H groups in total. The zero-order valence-corrected chi connectivity index (χ0v) is 20.0. The number of aromatic nitrogens is 3. The molecule has 0 atom stereocenters. The highest BCUT2D eigenvalue weighted by Gasteiger charge is 2.09. The van der Waals surface area contributed by atoms with Crippen molar-refractivity contribution in [3.05, 3.63) is 77.8 Å². The van der Waals surface area contributed by atoms with Gasteiger partial charge in [0.1, 0.15) is 23.6 Å². The molecule has 0 radical (unpaired) electrons. The molecule has 2 aromatic heterocycles. The maximum absolute atomic E-state index is 11.7. The third kappa shape index (κ3) is 6.67. The molecule has 0 saturated heterocycles. The molecule has 4 rings (SSSR count). The Bertz CT molecular complexity index is 1400. The molecule has 0 bridgehead atoms. The molecule has 1 amide bonds. The van der Waals surface area contributed by atoms with Gasteiger partial charge in [-0.2, -0.15) is 0 Å². The molecule has 35 heavy (non-hydrogen) atoms. The lowest BCUT2D eigenvalue weighted by molar-refractivity contribution is -0.121. The van der Waals surface area contributed by atoms with Crippen molar-refractivity contribution in [3.8, 4) is 23.3 Å². The van der Waals surface area contributed by atoms with Crippen LogP contribution in [0.4, 0.5) is 11.5 Å². The van der Waals surface area contributed by atoms with Crippen LogP contribution in [0.15, 0.2) is 67.3 Å². The molecule has 9 heteroatoms. The first-order valence-corrected chi connectivity index (χ1v) is 11.2. The average Bonchev–Trinajstić information content (AvgIpc) is 2.84. The Labute approximate surface area is 208 Å². The fraction of sp³-hybridized carbons (Fsp3) is 0.154. The van der Waals surface area contributed by atoms with E-state index in [1.807, 2.05) is 38.4 Å². The number of halogens is 1. The van der Waals surface area contributed by atoms with Crippen LogP contribution >= 0.6 is 11.6 Å². The van der Waals surface area contributed by atoms with Crippen LogP contribution in [0.5, 0.6) is 11.5 Å². The van der Waals surface area contributed by atoms with Gasteiger partial charge in [0.2, 0.25) is 5.91 Å². The van der Waals surface area contributed by atoms with E-state index < -0.39 is 0 Å². The number of nitrogens with one attached hydrogen (secondary N) is 2. The molecule has 0 spiro atoms. The first-order valence-electron chi connectivity index (χ1n) is 10.8. The van der Waals surface area contributed by atoms with Crippen molar-refractivity contribution in [2.24, 2.45) is 0 Å². The summed E-state index contributed by atoms with van der Waals surface area (Å²) < 4.78 is 5.79. The largest absolute Gasteiger partial charge is 0.454 e. The lowest BCUT2D eigenvalue weighted by Crippen LogP contribution is -2.33. The minimum Gasteiger partial charge on any atom is -0.454 e. The normalized spacial score (nSPS) is 10.5. The van der Waals surface area contributed by atoms with Gasteiger partial charge in [-0.15, -0.1) is 0 Å². The molecular weight excluding hydrogens is 464 g/mol. The molecule has 0 saturated carbocycles. The van der Waals surface area contributed by atoms with E-state index in [-0.39, 0.29) is 12.5 Å². The third-order valence-electron chi connectivity index (χ3n) is 4.76. The summed E-state index contributed by atoms with van der Waals surface area (Å²) in [5, 5.41) is 7.32. The number of carbonyl (C=O) groups is 1. The Balaban J connectivity index is 1.49. The van der Waals surface area contributed by atoms with Crippen LogP contribution in [-0.4, -0.2) is 52.9 Å². The van der Waals surface area contributed by atoms with Gasteiger partial charge in [0, 0.05) is 22.8 Å². The molecule has 8 nitrogen and oxygen atoms in total. The van der Waals surface area contributed by atoms with Gasteiger partial charge in [0.25, 0.3) is 0 Å². The summed E-state index contributed by atoms with van der Waals surface area (Å²) in [6.45, 7) is 0.595. The molecule has 2 heterocycles. The highest BCUT2D eigenvalue weighted by molar-refractivity contribution is 6.32. The molecule has 4 aromatic rings. The topological polar surface area (TPSA) is 92.3 Å². The van der Waals surface area contributed by atoms with Gasteiger partial charge in [-0.3, -0.25) is 9.78 Å². The monoisotopic (exact) mass is 486 g/mol. The Morgan fingerprint density at radius 1 is 1.14 bits per heavy atom. The summed E-state index contributed by atoms with van der Waals surface area (Å²) in [5.74, 6) is 7.72. The minimum absolute atomic E-state index is 0.0711. The zero-order chi connectivity index (χ0) is 24.6. The minimum atomic E-state index is -0.0711. The Morgan fingerprint density at radius 3 is 2.80 bits per heavy atom. The number of hydrogen-bond donors (Lipinski definition) is 2. The summed E-state index contributed by atoms with van der Waals surface area (Å²) in [4.78, 5) is 26.3. The predicted molar refractivity (Wildman–Crippen MR) is 137 cm³/mol. The fourth-order valence-corrected chi connectivity index (χ4v) is 3.42. The Hall–Kier alpha value is -4.19. The van der Waals surface area contributed by atoms with Crippen LogP contribution in [0.25, 0.3) is 10.9 Å². The molecule has 0 fully saturated rings. The van der Waals surface area contributed by atoms with Gasteiger partial charge in [0.05, 0.1) is 29.8 Å². The number of rotatable bonds is 7. The van der Waals surface area contributed by atoms with Gasteiger partial charge in [-0.25, -0.2) is 9.97 Å². The number of anilines is 2. The van der Waals surface area contributed by atoms with E-state index in [9.17, 15) is 4.79 Å². The van der Waals surface area contributed by atoms with Crippen LogP contribution in [0.1, 0.15) is 5.56 Å². The molecule has 0 aliphatic heterocycles. The van der Waals surface area contributed by atoms with E-state index in [4.69, 9.17) is 16.3 Å². The van der Waals surface area contributed by atoms with Gasteiger partial charge in [0.15, 0.2) is 0 Å². The van der Waals surface area contributed by atoms with Gasteiger partial charge in [-0.1, -0.05) is 23.4 Å². The van der Waals surface area contributed by atoms with Crippen molar-refractivity contribution >= 4 is 39.9 Å². The highest BCUT2D eigenvalue weighted by Crippen LogP contribution is 2.33. The van der Waals surface area contributed by atoms with Crippen molar-refractivity contribution in [3.63, 3.8) is 0 Å². The Kier molecular flexibility index (Phi) is 7.73. The second-order valence-electron chi connectivity index (χ2n) is 7.83. The number of nitrogens with zero attached hydrogens (tertiary/aromatic N) is 4. The summed E-state index contributed by atoms with van der Waals surface area (Å²) in [7, 11) is 3.68. The first-order chi connectivity index (χ1) is 17.0. The van der Waals surface area contributed by atoms with Crippen molar-refractivity contribution in [1.29, 1.82) is 0 Å². The number of amides is 1. The van der Waals surface area contributed by atoms with Crippen molar-refractivity contribution in [2.75, 3.05) is 32.5 Å². The number of ether oxygens (including phenoxy) is 1. The SMILES string of the molecule is CN(C)CC(=O)NCC#Cc1ccc2ncnc(Nc3ccc(Oc4cccnc4)c(Cl)c3)c2c1. The molecule has 0 aliphatic carbocycles. The average molecular weight is 487 g/mol. The van der Waals surface area contributed by atoms with Crippen LogP contribution in [0.2, 0.25) is 5.02 Å². The van der Waals surface area contributed by atoms with E-state index in [1.54, 1.807) is 41.6 Å². The quantitative estimate of drug-likeness (QED) is 0.377. The Morgan fingerprint density at radius 2 is 2.03 bits per heavy atom. The molecule has 2 aromatic carbocycles. The summed E-state index contributed by atoms with van der Waals surface area (Å²) in [6.07, 6.45) is 4.79. The molecule has 0 aliphatic rings. The van der Waals surface area contributed by atoms with Crippen molar-refractivity contribution < 1.29 is 9.53 Å². The van der Waals surface area contributed by atoms with Crippen molar-refractivity contribution in [1.82, 2.24) is 25.2 Å². The molecule has 0 unspecified atom stereocenters. The summed E-state index contributed by atoms with van der Waals surface area (Å²) >= 11 is 6.44. The van der Waals surface area contributed by atoms with Crippen LogP contribution in [-0.2, 0) is 4.79 Å². The first kappa shape index (κ1) is 24.0. The lowest BCUT2D eigenvalue weighted by atomic mass is 10.1. The zero-order valence-electron chi connectivity index (χ0n) is 19.2. The van der Waals surface area contributed by atoms with E-state index >= 15 is 0 Å². The summed E-state index contributed by atoms with van der Waals surface area (Å²) in [5.41, 5.74) is 2.30. The second-order valence-corrected chi connectivity index (χ2v) is 8.24.